The van der Waals surface area contributed by atoms with Gasteiger partial charge < -0.3 is 5.32 Å². The molecule has 0 saturated carbocycles. The Kier molecular flexibility index (Phi) is 6.19. The first-order chi connectivity index (χ1) is 9.57. The van der Waals surface area contributed by atoms with Crippen molar-refractivity contribution in [1.82, 2.24) is 5.32 Å². The van der Waals surface area contributed by atoms with Gasteiger partial charge in [-0.25, -0.2) is 12.8 Å². The van der Waals surface area contributed by atoms with Crippen molar-refractivity contribution in [2.45, 2.75) is 38.1 Å². The molecule has 0 aliphatic carbocycles. The molecule has 2 atom stereocenters. The maximum absolute atomic E-state index is 13.5. The molecule has 0 radical (unpaired) electrons. The van der Waals surface area contributed by atoms with Crippen molar-refractivity contribution in [1.29, 1.82) is 0 Å². The monoisotopic (exact) mass is 399 g/mol. The summed E-state index contributed by atoms with van der Waals surface area (Å²) in [6.07, 6.45) is 0.868. The molecule has 1 rings (SSSR count). The number of carbonyl (C=O) groups excluding carboxylic acids is 1. The standard InChI is InChI=1S/C13H16BrClFNO3S/c1-4-7(2)8(3)17-13(18)10-5-9(16)6-11(12(10)14)21(15,19)20/h5-8H,4H2,1-3H3,(H,17,18). The molecule has 1 N–H and O–H groups in total. The van der Waals surface area contributed by atoms with Crippen LogP contribution >= 0.6 is 26.6 Å². The zero-order valence-corrected chi connectivity index (χ0v) is 14.9. The fourth-order valence-corrected chi connectivity index (χ4v) is 3.96. The third kappa shape index (κ3) is 4.66. The third-order valence-electron chi connectivity index (χ3n) is 3.37. The summed E-state index contributed by atoms with van der Waals surface area (Å²) in [6, 6.07) is 1.60. The summed E-state index contributed by atoms with van der Waals surface area (Å²) < 4.78 is 36.3. The van der Waals surface area contributed by atoms with E-state index in [4.69, 9.17) is 10.7 Å². The molecule has 0 fully saturated rings. The molecule has 1 amide bonds. The summed E-state index contributed by atoms with van der Waals surface area (Å²) in [5.41, 5.74) is -0.107. The Morgan fingerprint density at radius 2 is 2.00 bits per heavy atom. The van der Waals surface area contributed by atoms with Crippen LogP contribution in [0.25, 0.3) is 0 Å². The van der Waals surface area contributed by atoms with Gasteiger partial charge in [0, 0.05) is 16.7 Å². The van der Waals surface area contributed by atoms with Gasteiger partial charge in [0.1, 0.15) is 10.7 Å². The van der Waals surface area contributed by atoms with E-state index in [1.54, 1.807) is 0 Å². The topological polar surface area (TPSA) is 63.2 Å². The minimum Gasteiger partial charge on any atom is -0.349 e. The predicted molar refractivity (Wildman–Crippen MR) is 83.5 cm³/mol. The van der Waals surface area contributed by atoms with Gasteiger partial charge in [0.05, 0.1) is 10.0 Å². The summed E-state index contributed by atoms with van der Waals surface area (Å²) in [6.45, 7) is 5.79. The lowest BCUT2D eigenvalue weighted by Gasteiger charge is -2.20. The van der Waals surface area contributed by atoms with Crippen LogP contribution in [0.5, 0.6) is 0 Å². The van der Waals surface area contributed by atoms with Crippen molar-refractivity contribution in [3.8, 4) is 0 Å². The number of benzene rings is 1. The van der Waals surface area contributed by atoms with E-state index in [1.165, 1.54) is 0 Å². The maximum Gasteiger partial charge on any atom is 0.262 e. The van der Waals surface area contributed by atoms with Gasteiger partial charge >= 0.3 is 0 Å². The molecule has 0 aromatic heterocycles. The van der Waals surface area contributed by atoms with Crippen molar-refractivity contribution in [3.05, 3.63) is 28.0 Å². The Labute approximate surface area is 136 Å². The first kappa shape index (κ1) is 18.4. The number of hydrogen-bond acceptors (Lipinski definition) is 3. The lowest BCUT2D eigenvalue weighted by atomic mass is 10.0. The van der Waals surface area contributed by atoms with Crippen LogP contribution in [0.2, 0.25) is 0 Å². The van der Waals surface area contributed by atoms with Crippen molar-refractivity contribution >= 4 is 41.6 Å². The Bertz CT molecular complexity index is 651. The quantitative estimate of drug-likeness (QED) is 0.767. The Balaban J connectivity index is 3.20. The summed E-state index contributed by atoms with van der Waals surface area (Å²) in [5.74, 6) is -1.17. The van der Waals surface area contributed by atoms with Crippen LogP contribution < -0.4 is 5.32 Å². The van der Waals surface area contributed by atoms with E-state index >= 15 is 0 Å². The van der Waals surface area contributed by atoms with Crippen LogP contribution in [0, 0.1) is 11.7 Å². The first-order valence-corrected chi connectivity index (χ1v) is 9.42. The molecule has 1 aromatic carbocycles. The van der Waals surface area contributed by atoms with Gasteiger partial charge in [0.2, 0.25) is 0 Å². The van der Waals surface area contributed by atoms with Crippen LogP contribution in [0.15, 0.2) is 21.5 Å². The second-order valence-corrected chi connectivity index (χ2v) is 8.18. The fraction of sp³-hybridized carbons (Fsp3) is 0.462. The van der Waals surface area contributed by atoms with Crippen LogP contribution in [0.3, 0.4) is 0 Å². The molecule has 1 aromatic rings. The smallest absolute Gasteiger partial charge is 0.262 e. The van der Waals surface area contributed by atoms with Gasteiger partial charge in [-0.1, -0.05) is 20.3 Å². The van der Waals surface area contributed by atoms with Gasteiger partial charge in [0.15, 0.2) is 0 Å². The second-order valence-electron chi connectivity index (χ2n) is 4.85. The maximum atomic E-state index is 13.5. The largest absolute Gasteiger partial charge is 0.349 e. The number of hydrogen-bond donors (Lipinski definition) is 1. The molecule has 8 heteroatoms. The van der Waals surface area contributed by atoms with E-state index < -0.39 is 25.7 Å². The van der Waals surface area contributed by atoms with Crippen molar-refractivity contribution < 1.29 is 17.6 Å². The molecular weight excluding hydrogens is 385 g/mol. The van der Waals surface area contributed by atoms with E-state index in [0.29, 0.717) is 0 Å². The van der Waals surface area contributed by atoms with Crippen molar-refractivity contribution in [2.24, 2.45) is 5.92 Å². The Morgan fingerprint density at radius 1 is 1.43 bits per heavy atom. The van der Waals surface area contributed by atoms with Crippen molar-refractivity contribution in [3.63, 3.8) is 0 Å². The highest BCUT2D eigenvalue weighted by Gasteiger charge is 2.23. The van der Waals surface area contributed by atoms with Crippen LogP contribution in [-0.4, -0.2) is 20.4 Å². The molecule has 0 spiro atoms. The second kappa shape index (κ2) is 7.07. The molecule has 0 bridgehead atoms. The minimum atomic E-state index is -4.16. The van der Waals surface area contributed by atoms with Gasteiger partial charge in [-0.05, 0) is 40.9 Å². The number of nitrogens with one attached hydrogen (secondary N) is 1. The summed E-state index contributed by atoms with van der Waals surface area (Å²) >= 11 is 3.00. The first-order valence-electron chi connectivity index (χ1n) is 6.32. The molecule has 4 nitrogen and oxygen atoms in total. The number of halogens is 3. The Morgan fingerprint density at radius 3 is 2.48 bits per heavy atom. The highest BCUT2D eigenvalue weighted by atomic mass is 79.9. The number of amides is 1. The molecule has 2 unspecified atom stereocenters. The fourth-order valence-electron chi connectivity index (χ4n) is 1.69. The zero-order chi connectivity index (χ0) is 16.4. The van der Waals surface area contributed by atoms with Gasteiger partial charge in [0.25, 0.3) is 15.0 Å². The highest BCUT2D eigenvalue weighted by molar-refractivity contribution is 9.10. The molecule has 0 aliphatic heterocycles. The SMILES string of the molecule is CCC(C)C(C)NC(=O)c1cc(F)cc(S(=O)(=O)Cl)c1Br. The van der Waals surface area contributed by atoms with Crippen LogP contribution in [0.1, 0.15) is 37.6 Å². The molecule has 0 aliphatic rings. The molecule has 0 heterocycles. The van der Waals surface area contributed by atoms with E-state index in [9.17, 15) is 17.6 Å². The lowest BCUT2D eigenvalue weighted by molar-refractivity contribution is 0.0926. The minimum absolute atomic E-state index is 0.0484. The van der Waals surface area contributed by atoms with E-state index in [2.05, 4.69) is 21.2 Å². The van der Waals surface area contributed by atoms with E-state index in [0.717, 1.165) is 18.6 Å². The molecule has 0 saturated heterocycles. The normalized spacial score (nSPS) is 14.6. The van der Waals surface area contributed by atoms with Gasteiger partial charge in [-0.2, -0.15) is 0 Å². The molecule has 21 heavy (non-hydrogen) atoms. The van der Waals surface area contributed by atoms with Crippen LogP contribution in [-0.2, 0) is 9.05 Å². The third-order valence-corrected chi connectivity index (χ3v) is 5.83. The predicted octanol–water partition coefficient (Wildman–Crippen LogP) is 3.68. The summed E-state index contributed by atoms with van der Waals surface area (Å²) in [4.78, 5) is 11.7. The van der Waals surface area contributed by atoms with Gasteiger partial charge in [-0.3, -0.25) is 4.79 Å². The average Bonchev–Trinajstić information content (AvgIpc) is 2.38. The molecular formula is C13H16BrClFNO3S. The van der Waals surface area contributed by atoms with E-state index in [1.807, 2.05) is 20.8 Å². The van der Waals surface area contributed by atoms with E-state index in [-0.39, 0.29) is 22.0 Å². The lowest BCUT2D eigenvalue weighted by Crippen LogP contribution is -2.37. The summed E-state index contributed by atoms with van der Waals surface area (Å²) in [7, 11) is 1.08. The number of rotatable bonds is 5. The number of carbonyl (C=O) groups is 1. The van der Waals surface area contributed by atoms with Crippen molar-refractivity contribution in [2.75, 3.05) is 0 Å². The summed E-state index contributed by atoms with van der Waals surface area (Å²) in [5, 5.41) is 2.72. The average molecular weight is 401 g/mol. The molecule has 118 valence electrons. The Hall–Kier alpha value is -0.660. The highest BCUT2D eigenvalue weighted by Crippen LogP contribution is 2.30. The van der Waals surface area contributed by atoms with Crippen LogP contribution in [0.4, 0.5) is 4.39 Å². The zero-order valence-electron chi connectivity index (χ0n) is 11.8. The van der Waals surface area contributed by atoms with Gasteiger partial charge in [-0.15, -0.1) is 0 Å².